The van der Waals surface area contributed by atoms with E-state index in [1.807, 2.05) is 24.3 Å². The molecule has 1 N–H and O–H groups in total. The predicted octanol–water partition coefficient (Wildman–Crippen LogP) is 3.94. The number of hydrogen-bond acceptors (Lipinski definition) is 2. The molecule has 25 heavy (non-hydrogen) atoms. The molecule has 3 rings (SSSR count). The van der Waals surface area contributed by atoms with Gasteiger partial charge < -0.3 is 10.2 Å². The van der Waals surface area contributed by atoms with Crippen LogP contribution in [0.5, 0.6) is 0 Å². The van der Waals surface area contributed by atoms with Crippen LogP contribution in [0.1, 0.15) is 31.7 Å². The smallest absolute Gasteiger partial charge is 0.229 e. The van der Waals surface area contributed by atoms with Crippen LogP contribution in [0, 0.1) is 11.7 Å². The summed E-state index contributed by atoms with van der Waals surface area (Å²) in [5.41, 5.74) is 2.54. The predicted molar refractivity (Wildman–Crippen MR) is 96.0 cm³/mol. The lowest BCUT2D eigenvalue weighted by atomic mass is 10.0. The van der Waals surface area contributed by atoms with E-state index < -0.39 is 5.92 Å². The number of nitrogens with one attached hydrogen (secondary N) is 1. The molecule has 1 aliphatic rings. The molecular weight excluding hydrogens is 319 g/mol. The van der Waals surface area contributed by atoms with Crippen molar-refractivity contribution in [2.75, 3.05) is 16.8 Å². The second kappa shape index (κ2) is 7.05. The van der Waals surface area contributed by atoms with Crippen molar-refractivity contribution >= 4 is 23.2 Å². The third-order valence-electron chi connectivity index (χ3n) is 4.48. The number of amides is 2. The molecule has 0 aromatic heterocycles. The fraction of sp³-hybridized carbons (Fsp3) is 0.300. The van der Waals surface area contributed by atoms with E-state index in [1.165, 1.54) is 22.6 Å². The molecule has 0 radical (unpaired) electrons. The van der Waals surface area contributed by atoms with Gasteiger partial charge in [-0.3, -0.25) is 9.59 Å². The Morgan fingerprint density at radius 3 is 2.36 bits per heavy atom. The van der Waals surface area contributed by atoms with Gasteiger partial charge in [-0.1, -0.05) is 26.0 Å². The van der Waals surface area contributed by atoms with E-state index in [-0.39, 0.29) is 24.1 Å². The van der Waals surface area contributed by atoms with Crippen molar-refractivity contribution in [2.45, 2.75) is 26.2 Å². The Balaban J connectivity index is 1.65. The number of nitrogens with zero attached hydrogens (tertiary/aromatic N) is 1. The quantitative estimate of drug-likeness (QED) is 0.916. The van der Waals surface area contributed by atoms with Crippen molar-refractivity contribution in [1.82, 2.24) is 0 Å². The van der Waals surface area contributed by atoms with Gasteiger partial charge in [0.05, 0.1) is 5.92 Å². The van der Waals surface area contributed by atoms with Gasteiger partial charge in [0.25, 0.3) is 0 Å². The summed E-state index contributed by atoms with van der Waals surface area (Å²) < 4.78 is 13.0. The molecule has 1 unspecified atom stereocenters. The van der Waals surface area contributed by atoms with Crippen LogP contribution in [-0.2, 0) is 9.59 Å². The van der Waals surface area contributed by atoms with Crippen LogP contribution in [0.4, 0.5) is 15.8 Å². The molecule has 0 saturated carbocycles. The lowest BCUT2D eigenvalue weighted by molar-refractivity contribution is -0.122. The average Bonchev–Trinajstić information content (AvgIpc) is 2.98. The summed E-state index contributed by atoms with van der Waals surface area (Å²) in [5, 5.41) is 2.87. The van der Waals surface area contributed by atoms with Gasteiger partial charge in [-0.15, -0.1) is 0 Å². The SMILES string of the molecule is CC(C)c1ccc(NC(=O)C2CC(=O)N(c3ccc(F)cc3)C2)cc1. The van der Waals surface area contributed by atoms with Crippen LogP contribution in [0.2, 0.25) is 0 Å². The molecule has 1 saturated heterocycles. The Hall–Kier alpha value is -2.69. The third-order valence-corrected chi connectivity index (χ3v) is 4.48. The summed E-state index contributed by atoms with van der Waals surface area (Å²) >= 11 is 0. The lowest BCUT2D eigenvalue weighted by Gasteiger charge is -2.16. The van der Waals surface area contributed by atoms with Gasteiger partial charge in [0.1, 0.15) is 5.82 Å². The zero-order chi connectivity index (χ0) is 18.0. The van der Waals surface area contributed by atoms with Crippen LogP contribution < -0.4 is 10.2 Å². The molecule has 5 heteroatoms. The van der Waals surface area contributed by atoms with Crippen LogP contribution in [0.15, 0.2) is 48.5 Å². The van der Waals surface area contributed by atoms with Crippen LogP contribution in [0.25, 0.3) is 0 Å². The van der Waals surface area contributed by atoms with E-state index in [4.69, 9.17) is 0 Å². The van der Waals surface area contributed by atoms with E-state index in [9.17, 15) is 14.0 Å². The molecular formula is C20H21FN2O2. The first-order chi connectivity index (χ1) is 11.9. The molecule has 2 amide bonds. The monoisotopic (exact) mass is 340 g/mol. The topological polar surface area (TPSA) is 49.4 Å². The van der Waals surface area contributed by atoms with Crippen LogP contribution >= 0.6 is 0 Å². The summed E-state index contributed by atoms with van der Waals surface area (Å²) in [6.07, 6.45) is 0.160. The first kappa shape index (κ1) is 17.1. The van der Waals surface area contributed by atoms with E-state index >= 15 is 0 Å². The molecule has 4 nitrogen and oxygen atoms in total. The summed E-state index contributed by atoms with van der Waals surface area (Å²) in [6.45, 7) is 4.53. The van der Waals surface area contributed by atoms with Gasteiger partial charge in [0, 0.05) is 24.3 Å². The van der Waals surface area contributed by atoms with E-state index in [0.29, 0.717) is 18.2 Å². The third kappa shape index (κ3) is 3.87. The average molecular weight is 340 g/mol. The first-order valence-electron chi connectivity index (χ1n) is 8.41. The second-order valence-electron chi connectivity index (χ2n) is 6.65. The molecule has 0 aliphatic carbocycles. The van der Waals surface area contributed by atoms with Crippen molar-refractivity contribution in [3.63, 3.8) is 0 Å². The molecule has 2 aromatic rings. The zero-order valence-corrected chi connectivity index (χ0v) is 14.3. The van der Waals surface area contributed by atoms with E-state index in [1.54, 1.807) is 12.1 Å². The van der Waals surface area contributed by atoms with Crippen molar-refractivity contribution in [3.05, 3.63) is 59.9 Å². The van der Waals surface area contributed by atoms with Gasteiger partial charge in [-0.25, -0.2) is 4.39 Å². The molecule has 1 fully saturated rings. The Kier molecular flexibility index (Phi) is 4.83. The Morgan fingerprint density at radius 1 is 1.12 bits per heavy atom. The number of benzene rings is 2. The Labute approximate surface area is 146 Å². The van der Waals surface area contributed by atoms with Crippen LogP contribution in [0.3, 0.4) is 0 Å². The Morgan fingerprint density at radius 2 is 1.76 bits per heavy atom. The van der Waals surface area contributed by atoms with Crippen molar-refractivity contribution < 1.29 is 14.0 Å². The lowest BCUT2D eigenvalue weighted by Crippen LogP contribution is -2.28. The minimum Gasteiger partial charge on any atom is -0.326 e. The van der Waals surface area contributed by atoms with Crippen molar-refractivity contribution in [2.24, 2.45) is 5.92 Å². The number of carbonyl (C=O) groups is 2. The van der Waals surface area contributed by atoms with E-state index in [0.717, 1.165) is 5.69 Å². The van der Waals surface area contributed by atoms with Crippen molar-refractivity contribution in [1.29, 1.82) is 0 Å². The number of rotatable bonds is 4. The minimum absolute atomic E-state index is 0.123. The fourth-order valence-electron chi connectivity index (χ4n) is 2.95. The van der Waals surface area contributed by atoms with Crippen LogP contribution in [-0.4, -0.2) is 18.4 Å². The molecule has 1 atom stereocenters. The maximum atomic E-state index is 13.0. The Bertz CT molecular complexity index is 769. The highest BCUT2D eigenvalue weighted by Crippen LogP contribution is 2.26. The van der Waals surface area contributed by atoms with Gasteiger partial charge in [-0.05, 0) is 47.9 Å². The standard InChI is InChI=1S/C20H21FN2O2/c1-13(2)14-3-7-17(8-4-14)22-20(25)15-11-19(24)23(12-15)18-9-5-16(21)6-10-18/h3-10,13,15H,11-12H2,1-2H3,(H,22,25). The van der Waals surface area contributed by atoms with Gasteiger partial charge in [0.2, 0.25) is 11.8 Å². The van der Waals surface area contributed by atoms with Gasteiger partial charge >= 0.3 is 0 Å². The second-order valence-corrected chi connectivity index (χ2v) is 6.65. The summed E-state index contributed by atoms with van der Waals surface area (Å²) in [7, 11) is 0. The largest absolute Gasteiger partial charge is 0.326 e. The van der Waals surface area contributed by atoms with Gasteiger partial charge in [0.15, 0.2) is 0 Å². The summed E-state index contributed by atoms with van der Waals surface area (Å²) in [5.74, 6) is -0.629. The van der Waals surface area contributed by atoms with Crippen molar-refractivity contribution in [3.8, 4) is 0 Å². The molecule has 1 heterocycles. The highest BCUT2D eigenvalue weighted by atomic mass is 19.1. The summed E-state index contributed by atoms with van der Waals surface area (Å²) in [6, 6.07) is 13.5. The summed E-state index contributed by atoms with van der Waals surface area (Å²) in [4.78, 5) is 26.2. The zero-order valence-electron chi connectivity index (χ0n) is 14.3. The fourth-order valence-corrected chi connectivity index (χ4v) is 2.95. The number of hydrogen-bond donors (Lipinski definition) is 1. The highest BCUT2D eigenvalue weighted by molar-refractivity contribution is 6.03. The normalized spacial score (nSPS) is 17.2. The number of carbonyl (C=O) groups excluding carboxylic acids is 2. The maximum absolute atomic E-state index is 13.0. The first-order valence-corrected chi connectivity index (χ1v) is 8.41. The minimum atomic E-state index is -0.415. The highest BCUT2D eigenvalue weighted by Gasteiger charge is 2.35. The molecule has 2 aromatic carbocycles. The maximum Gasteiger partial charge on any atom is 0.229 e. The number of anilines is 2. The molecule has 0 spiro atoms. The van der Waals surface area contributed by atoms with Gasteiger partial charge in [-0.2, -0.15) is 0 Å². The molecule has 130 valence electrons. The molecule has 0 bridgehead atoms. The molecule has 1 aliphatic heterocycles. The number of halogens is 1. The van der Waals surface area contributed by atoms with E-state index in [2.05, 4.69) is 19.2 Å².